The van der Waals surface area contributed by atoms with E-state index in [2.05, 4.69) is 16.4 Å². The van der Waals surface area contributed by atoms with Crippen LogP contribution in [0.3, 0.4) is 0 Å². The molecule has 0 saturated heterocycles. The van der Waals surface area contributed by atoms with Crippen LogP contribution in [0.25, 0.3) is 5.65 Å². The molecule has 0 aliphatic rings. The lowest BCUT2D eigenvalue weighted by Crippen LogP contribution is -2.11. The van der Waals surface area contributed by atoms with Crippen molar-refractivity contribution in [1.29, 1.82) is 5.26 Å². The van der Waals surface area contributed by atoms with Gasteiger partial charge in [-0.05, 0) is 54.6 Å². The van der Waals surface area contributed by atoms with Crippen molar-refractivity contribution in [3.63, 3.8) is 0 Å². The summed E-state index contributed by atoms with van der Waals surface area (Å²) in [5.41, 5.74) is 3.63. The van der Waals surface area contributed by atoms with Crippen LogP contribution in [0.15, 0.2) is 84.0 Å². The third-order valence-corrected chi connectivity index (χ3v) is 5.21. The first-order chi connectivity index (χ1) is 13.7. The first-order valence-electron chi connectivity index (χ1n) is 8.68. The Balaban J connectivity index is 1.39. The molecular formula is C22H16N4OS. The Hall–Kier alpha value is -3.56. The number of rotatable bonds is 5. The van der Waals surface area contributed by atoms with E-state index in [-0.39, 0.29) is 5.91 Å². The van der Waals surface area contributed by atoms with Crippen molar-refractivity contribution in [2.45, 2.75) is 10.6 Å². The van der Waals surface area contributed by atoms with Crippen LogP contribution in [-0.2, 0) is 5.75 Å². The Morgan fingerprint density at radius 2 is 1.96 bits per heavy atom. The number of nitrogens with zero attached hydrogens (tertiary/aromatic N) is 3. The highest BCUT2D eigenvalue weighted by molar-refractivity contribution is 7.98. The average Bonchev–Trinajstić information content (AvgIpc) is 3.16. The van der Waals surface area contributed by atoms with Crippen LogP contribution < -0.4 is 5.32 Å². The number of hydrogen-bond donors (Lipinski definition) is 1. The molecule has 0 saturated carbocycles. The van der Waals surface area contributed by atoms with Crippen LogP contribution in [0.4, 0.5) is 5.69 Å². The molecule has 28 heavy (non-hydrogen) atoms. The van der Waals surface area contributed by atoms with E-state index in [4.69, 9.17) is 5.26 Å². The minimum Gasteiger partial charge on any atom is -0.322 e. The summed E-state index contributed by atoms with van der Waals surface area (Å²) in [5.74, 6) is 0.556. The molecule has 1 amide bonds. The molecule has 2 aromatic carbocycles. The zero-order chi connectivity index (χ0) is 19.3. The number of nitriles is 1. The summed E-state index contributed by atoms with van der Waals surface area (Å²) in [4.78, 5) is 18.0. The minimum atomic E-state index is -0.202. The van der Waals surface area contributed by atoms with Crippen molar-refractivity contribution in [3.05, 3.63) is 95.9 Å². The Labute approximate surface area is 166 Å². The fourth-order valence-electron chi connectivity index (χ4n) is 2.79. The monoisotopic (exact) mass is 384 g/mol. The van der Waals surface area contributed by atoms with E-state index in [0.717, 1.165) is 22.0 Å². The SMILES string of the molecule is N#Cc1cccc(NC(=O)c2ccc(SCc3cn4ccccc4n3)cc2)c1. The number of benzene rings is 2. The lowest BCUT2D eigenvalue weighted by Gasteiger charge is -2.06. The largest absolute Gasteiger partial charge is 0.322 e. The number of nitrogens with one attached hydrogen (secondary N) is 1. The van der Waals surface area contributed by atoms with Gasteiger partial charge >= 0.3 is 0 Å². The third kappa shape index (κ3) is 4.05. The van der Waals surface area contributed by atoms with Gasteiger partial charge in [0.1, 0.15) is 5.65 Å². The molecule has 0 unspecified atom stereocenters. The maximum Gasteiger partial charge on any atom is 0.255 e. The van der Waals surface area contributed by atoms with E-state index in [0.29, 0.717) is 16.8 Å². The molecular weight excluding hydrogens is 368 g/mol. The molecule has 0 atom stereocenters. The maximum atomic E-state index is 12.4. The summed E-state index contributed by atoms with van der Waals surface area (Å²) < 4.78 is 2.00. The smallest absolute Gasteiger partial charge is 0.255 e. The van der Waals surface area contributed by atoms with Crippen LogP contribution in [0.2, 0.25) is 0 Å². The van der Waals surface area contributed by atoms with Crippen LogP contribution in [0.1, 0.15) is 21.6 Å². The number of thioether (sulfide) groups is 1. The van der Waals surface area contributed by atoms with Crippen molar-refractivity contribution in [3.8, 4) is 6.07 Å². The highest BCUT2D eigenvalue weighted by Crippen LogP contribution is 2.23. The Kier molecular flexibility index (Phi) is 5.09. The molecule has 4 aromatic rings. The molecule has 0 aliphatic carbocycles. The van der Waals surface area contributed by atoms with Gasteiger partial charge in [0.05, 0.1) is 17.3 Å². The maximum absolute atomic E-state index is 12.4. The third-order valence-electron chi connectivity index (χ3n) is 4.17. The first-order valence-corrected chi connectivity index (χ1v) is 9.67. The van der Waals surface area contributed by atoms with Crippen molar-refractivity contribution < 1.29 is 4.79 Å². The van der Waals surface area contributed by atoms with Crippen LogP contribution in [0.5, 0.6) is 0 Å². The standard InChI is InChI=1S/C22H16N4OS/c23-13-16-4-3-5-18(12-16)25-22(27)17-7-9-20(10-8-17)28-15-19-14-26-11-2-1-6-21(26)24-19/h1-12,14H,15H2,(H,25,27). The van der Waals surface area contributed by atoms with E-state index >= 15 is 0 Å². The quantitative estimate of drug-likeness (QED) is 0.504. The van der Waals surface area contributed by atoms with Gasteiger partial charge in [0.15, 0.2) is 0 Å². The van der Waals surface area contributed by atoms with Crippen LogP contribution >= 0.6 is 11.8 Å². The molecule has 5 nitrogen and oxygen atoms in total. The fraction of sp³-hybridized carbons (Fsp3) is 0.0455. The summed E-state index contributed by atoms with van der Waals surface area (Å²) in [6.07, 6.45) is 4.01. The minimum absolute atomic E-state index is 0.202. The molecule has 1 N–H and O–H groups in total. The van der Waals surface area contributed by atoms with E-state index in [9.17, 15) is 4.79 Å². The number of carbonyl (C=O) groups is 1. The lowest BCUT2D eigenvalue weighted by molar-refractivity contribution is 0.102. The van der Waals surface area contributed by atoms with Crippen LogP contribution in [-0.4, -0.2) is 15.3 Å². The molecule has 2 heterocycles. The summed E-state index contributed by atoms with van der Waals surface area (Å²) in [5, 5.41) is 11.8. The predicted octanol–water partition coefficient (Wildman–Crippen LogP) is 4.75. The molecule has 0 aliphatic heterocycles. The molecule has 4 rings (SSSR count). The van der Waals surface area contributed by atoms with Crippen molar-refractivity contribution in [2.24, 2.45) is 0 Å². The van der Waals surface area contributed by atoms with Gasteiger partial charge in [-0.15, -0.1) is 11.8 Å². The number of pyridine rings is 1. The van der Waals surface area contributed by atoms with Crippen molar-refractivity contribution in [1.82, 2.24) is 9.38 Å². The highest BCUT2D eigenvalue weighted by atomic mass is 32.2. The van der Waals surface area contributed by atoms with E-state index in [1.54, 1.807) is 48.2 Å². The first kappa shape index (κ1) is 17.8. The van der Waals surface area contributed by atoms with Gasteiger partial charge in [-0.1, -0.05) is 12.1 Å². The van der Waals surface area contributed by atoms with E-state index in [1.165, 1.54) is 0 Å². The van der Waals surface area contributed by atoms with Gasteiger partial charge in [0.25, 0.3) is 5.91 Å². The number of fused-ring (bicyclic) bond motifs is 1. The topological polar surface area (TPSA) is 70.2 Å². The van der Waals surface area contributed by atoms with Gasteiger partial charge in [-0.25, -0.2) is 4.98 Å². The number of anilines is 1. The Morgan fingerprint density at radius 1 is 1.11 bits per heavy atom. The molecule has 6 heteroatoms. The van der Waals surface area contributed by atoms with Crippen molar-refractivity contribution in [2.75, 3.05) is 5.32 Å². The molecule has 0 spiro atoms. The van der Waals surface area contributed by atoms with E-state index in [1.807, 2.05) is 47.1 Å². The predicted molar refractivity (Wildman–Crippen MR) is 110 cm³/mol. The van der Waals surface area contributed by atoms with Crippen LogP contribution in [0, 0.1) is 11.3 Å². The number of hydrogen-bond acceptors (Lipinski definition) is 4. The Morgan fingerprint density at radius 3 is 2.75 bits per heavy atom. The summed E-state index contributed by atoms with van der Waals surface area (Å²) >= 11 is 1.67. The number of carbonyl (C=O) groups excluding carboxylic acids is 1. The summed E-state index contributed by atoms with van der Waals surface area (Å²) in [6.45, 7) is 0. The molecule has 0 fully saturated rings. The van der Waals surface area contributed by atoms with Gasteiger partial charge in [0, 0.05) is 34.3 Å². The number of imidazole rings is 1. The van der Waals surface area contributed by atoms with Gasteiger partial charge < -0.3 is 9.72 Å². The van der Waals surface area contributed by atoms with Gasteiger partial charge in [-0.2, -0.15) is 5.26 Å². The van der Waals surface area contributed by atoms with Gasteiger partial charge in [-0.3, -0.25) is 4.79 Å². The zero-order valence-corrected chi connectivity index (χ0v) is 15.7. The van der Waals surface area contributed by atoms with Gasteiger partial charge in [0.2, 0.25) is 0 Å². The molecule has 0 radical (unpaired) electrons. The zero-order valence-electron chi connectivity index (χ0n) is 14.9. The lowest BCUT2D eigenvalue weighted by atomic mass is 10.2. The molecule has 2 aromatic heterocycles. The molecule has 136 valence electrons. The Bertz CT molecular complexity index is 1140. The highest BCUT2D eigenvalue weighted by Gasteiger charge is 2.07. The summed E-state index contributed by atoms with van der Waals surface area (Å²) in [7, 11) is 0. The van der Waals surface area contributed by atoms with E-state index < -0.39 is 0 Å². The summed E-state index contributed by atoms with van der Waals surface area (Å²) in [6, 6.07) is 22.3. The second-order valence-electron chi connectivity index (χ2n) is 6.16. The molecule has 0 bridgehead atoms. The average molecular weight is 384 g/mol. The second-order valence-corrected chi connectivity index (χ2v) is 7.21. The van der Waals surface area contributed by atoms with Crippen molar-refractivity contribution >= 4 is 29.0 Å². The number of aromatic nitrogens is 2. The number of amides is 1. The normalized spacial score (nSPS) is 10.5. The fourth-order valence-corrected chi connectivity index (χ4v) is 3.57. The second kappa shape index (κ2) is 7.99.